The summed E-state index contributed by atoms with van der Waals surface area (Å²) in [5.41, 5.74) is 2.36. The molecule has 0 aliphatic heterocycles. The van der Waals surface area contributed by atoms with E-state index in [0.717, 1.165) is 27.3 Å². The van der Waals surface area contributed by atoms with E-state index < -0.39 is 0 Å². The molecule has 3 rings (SSSR count). The Hall–Kier alpha value is -1.92. The van der Waals surface area contributed by atoms with Gasteiger partial charge in [-0.2, -0.15) is 0 Å². The molecule has 0 saturated heterocycles. The summed E-state index contributed by atoms with van der Waals surface area (Å²) in [6.45, 7) is 3.81. The van der Waals surface area contributed by atoms with Gasteiger partial charge < -0.3 is 4.42 Å². The Morgan fingerprint density at radius 3 is 2.64 bits per heavy atom. The molecule has 2 heterocycles. The van der Waals surface area contributed by atoms with Crippen molar-refractivity contribution in [2.75, 3.05) is 5.32 Å². The number of hydrogen-bond acceptors (Lipinski definition) is 4. The van der Waals surface area contributed by atoms with Crippen LogP contribution in [0.2, 0.25) is 0 Å². The minimum atomic E-state index is -0.173. The van der Waals surface area contributed by atoms with E-state index in [2.05, 4.69) is 26.2 Å². The molecule has 0 aliphatic rings. The van der Waals surface area contributed by atoms with Crippen molar-refractivity contribution >= 4 is 38.3 Å². The molecule has 112 valence electrons. The predicted octanol–water partition coefficient (Wildman–Crippen LogP) is 5.03. The van der Waals surface area contributed by atoms with Crippen molar-refractivity contribution in [2.45, 2.75) is 13.8 Å². The predicted molar refractivity (Wildman–Crippen MR) is 91.4 cm³/mol. The molecule has 0 bridgehead atoms. The lowest BCUT2D eigenvalue weighted by Crippen LogP contribution is -2.11. The highest BCUT2D eigenvalue weighted by Gasteiger charge is 2.13. The lowest BCUT2D eigenvalue weighted by atomic mass is 10.2. The van der Waals surface area contributed by atoms with Crippen LogP contribution in [0.15, 0.2) is 44.6 Å². The van der Waals surface area contributed by atoms with Gasteiger partial charge in [-0.1, -0.05) is 15.9 Å². The average Bonchev–Trinajstić information content (AvgIpc) is 3.06. The Balaban J connectivity index is 1.78. The quantitative estimate of drug-likeness (QED) is 0.696. The van der Waals surface area contributed by atoms with Gasteiger partial charge in [0.1, 0.15) is 11.5 Å². The van der Waals surface area contributed by atoms with Gasteiger partial charge in [0.15, 0.2) is 5.13 Å². The average molecular weight is 377 g/mol. The van der Waals surface area contributed by atoms with Crippen molar-refractivity contribution in [1.82, 2.24) is 4.98 Å². The lowest BCUT2D eigenvalue weighted by molar-refractivity contribution is 0.102. The molecule has 3 aromatic rings. The zero-order valence-corrected chi connectivity index (χ0v) is 14.4. The van der Waals surface area contributed by atoms with E-state index in [1.807, 2.05) is 37.4 Å². The van der Waals surface area contributed by atoms with Gasteiger partial charge in [0, 0.05) is 21.0 Å². The minimum Gasteiger partial charge on any atom is -0.466 e. The Bertz CT molecular complexity index is 821. The third kappa shape index (κ3) is 3.13. The molecule has 0 radical (unpaired) electrons. The van der Waals surface area contributed by atoms with Crippen LogP contribution in [0.25, 0.3) is 11.3 Å². The Morgan fingerprint density at radius 2 is 2.00 bits per heavy atom. The molecule has 1 N–H and O–H groups in total. The van der Waals surface area contributed by atoms with Gasteiger partial charge in [0.25, 0.3) is 5.91 Å². The highest BCUT2D eigenvalue weighted by atomic mass is 79.9. The summed E-state index contributed by atoms with van der Waals surface area (Å²) in [6, 6.07) is 9.14. The fourth-order valence-corrected chi connectivity index (χ4v) is 3.08. The van der Waals surface area contributed by atoms with E-state index in [4.69, 9.17) is 4.42 Å². The number of nitrogens with one attached hydrogen (secondary N) is 1. The van der Waals surface area contributed by atoms with Crippen LogP contribution in [0.5, 0.6) is 0 Å². The van der Waals surface area contributed by atoms with Crippen LogP contribution in [0.1, 0.15) is 21.9 Å². The van der Waals surface area contributed by atoms with Gasteiger partial charge in [-0.05, 0) is 44.2 Å². The number of aryl methyl sites for hydroxylation is 2. The molecule has 0 saturated carbocycles. The largest absolute Gasteiger partial charge is 0.466 e. The number of furan rings is 1. The summed E-state index contributed by atoms with van der Waals surface area (Å²) in [7, 11) is 0. The van der Waals surface area contributed by atoms with Gasteiger partial charge in [0.2, 0.25) is 0 Å². The number of amides is 1. The van der Waals surface area contributed by atoms with Crippen LogP contribution < -0.4 is 5.32 Å². The van der Waals surface area contributed by atoms with E-state index in [1.54, 1.807) is 12.1 Å². The van der Waals surface area contributed by atoms with Crippen LogP contribution >= 0.6 is 27.3 Å². The van der Waals surface area contributed by atoms with E-state index in [-0.39, 0.29) is 5.91 Å². The highest BCUT2D eigenvalue weighted by molar-refractivity contribution is 9.10. The molecule has 22 heavy (non-hydrogen) atoms. The van der Waals surface area contributed by atoms with Gasteiger partial charge in [-0.25, -0.2) is 4.98 Å². The van der Waals surface area contributed by atoms with Gasteiger partial charge in [-0.3, -0.25) is 10.1 Å². The van der Waals surface area contributed by atoms with Gasteiger partial charge in [0.05, 0.1) is 5.69 Å². The molecule has 1 aromatic carbocycles. The molecule has 0 fully saturated rings. The number of hydrogen-bond donors (Lipinski definition) is 1. The van der Waals surface area contributed by atoms with Crippen LogP contribution in [-0.4, -0.2) is 10.9 Å². The molecule has 0 aliphatic carbocycles. The third-order valence-electron chi connectivity index (χ3n) is 3.15. The summed E-state index contributed by atoms with van der Waals surface area (Å²) < 4.78 is 6.45. The second-order valence-electron chi connectivity index (χ2n) is 4.83. The maximum absolute atomic E-state index is 12.2. The summed E-state index contributed by atoms with van der Waals surface area (Å²) >= 11 is 4.74. The zero-order valence-electron chi connectivity index (χ0n) is 12.0. The van der Waals surface area contributed by atoms with E-state index >= 15 is 0 Å². The minimum absolute atomic E-state index is 0.173. The molecule has 6 heteroatoms. The van der Waals surface area contributed by atoms with Crippen LogP contribution in [0.4, 0.5) is 5.13 Å². The van der Waals surface area contributed by atoms with Crippen LogP contribution in [0.3, 0.4) is 0 Å². The number of carbonyl (C=O) groups excluding carboxylic acids is 1. The molecular weight excluding hydrogens is 364 g/mol. The number of benzene rings is 1. The van der Waals surface area contributed by atoms with Crippen LogP contribution in [-0.2, 0) is 0 Å². The molecule has 0 atom stereocenters. The SMILES string of the molecule is Cc1cc(-c2csc(NC(=O)c3ccc(Br)cc3)n2)c(C)o1. The summed E-state index contributed by atoms with van der Waals surface area (Å²) in [4.78, 5) is 16.6. The van der Waals surface area contributed by atoms with Crippen molar-refractivity contribution in [3.63, 3.8) is 0 Å². The van der Waals surface area contributed by atoms with Crippen molar-refractivity contribution in [3.8, 4) is 11.3 Å². The lowest BCUT2D eigenvalue weighted by Gasteiger charge is -2.01. The maximum atomic E-state index is 12.2. The number of rotatable bonds is 3. The van der Waals surface area contributed by atoms with Gasteiger partial charge in [-0.15, -0.1) is 11.3 Å². The Labute approximate surface area is 140 Å². The van der Waals surface area contributed by atoms with Gasteiger partial charge >= 0.3 is 0 Å². The molecule has 0 spiro atoms. The van der Waals surface area contributed by atoms with E-state index in [0.29, 0.717) is 10.7 Å². The molecule has 0 unspecified atom stereocenters. The Kier molecular flexibility index (Phi) is 4.13. The van der Waals surface area contributed by atoms with Crippen molar-refractivity contribution in [1.29, 1.82) is 0 Å². The first-order chi connectivity index (χ1) is 10.5. The molecular formula is C16H13BrN2O2S. The second kappa shape index (κ2) is 6.06. The number of aromatic nitrogens is 1. The van der Waals surface area contributed by atoms with Crippen molar-refractivity contribution in [3.05, 3.63) is 57.3 Å². The number of nitrogens with zero attached hydrogens (tertiary/aromatic N) is 1. The zero-order chi connectivity index (χ0) is 15.7. The first-order valence-electron chi connectivity index (χ1n) is 6.63. The standard InChI is InChI=1S/C16H13BrN2O2S/c1-9-7-13(10(2)21-9)14-8-22-16(18-14)19-15(20)11-3-5-12(17)6-4-11/h3-8H,1-2H3,(H,18,19,20). The number of halogens is 1. The third-order valence-corrected chi connectivity index (χ3v) is 4.43. The fourth-order valence-electron chi connectivity index (χ4n) is 2.11. The van der Waals surface area contributed by atoms with Crippen molar-refractivity contribution < 1.29 is 9.21 Å². The molecule has 1 amide bonds. The molecule has 4 nitrogen and oxygen atoms in total. The fraction of sp³-hybridized carbons (Fsp3) is 0.125. The van der Waals surface area contributed by atoms with Crippen molar-refractivity contribution in [2.24, 2.45) is 0 Å². The maximum Gasteiger partial charge on any atom is 0.257 e. The normalized spacial score (nSPS) is 10.7. The monoisotopic (exact) mass is 376 g/mol. The summed E-state index contributed by atoms with van der Waals surface area (Å²) in [6.07, 6.45) is 0. The second-order valence-corrected chi connectivity index (χ2v) is 6.60. The van der Waals surface area contributed by atoms with E-state index in [1.165, 1.54) is 11.3 Å². The first kappa shape index (κ1) is 15.0. The highest BCUT2D eigenvalue weighted by Crippen LogP contribution is 2.29. The first-order valence-corrected chi connectivity index (χ1v) is 8.30. The Morgan fingerprint density at radius 1 is 1.27 bits per heavy atom. The number of anilines is 1. The smallest absolute Gasteiger partial charge is 0.257 e. The summed E-state index contributed by atoms with van der Waals surface area (Å²) in [5.74, 6) is 1.50. The topological polar surface area (TPSA) is 55.1 Å². The number of carbonyl (C=O) groups is 1. The molecule has 2 aromatic heterocycles. The van der Waals surface area contributed by atoms with Crippen LogP contribution in [0, 0.1) is 13.8 Å². The van der Waals surface area contributed by atoms with E-state index in [9.17, 15) is 4.79 Å². The number of thiazole rings is 1. The summed E-state index contributed by atoms with van der Waals surface area (Å²) in [5, 5.41) is 5.30.